The molecular weight excluding hydrogens is 265 g/mol. The molecule has 0 aliphatic heterocycles. The lowest BCUT2D eigenvalue weighted by molar-refractivity contribution is 0.331. The molecule has 1 N–H and O–H groups in total. The number of halogens is 2. The summed E-state index contributed by atoms with van der Waals surface area (Å²) >= 11 is 12.5. The first-order valence-corrected chi connectivity index (χ1v) is 7.52. The van der Waals surface area contributed by atoms with Gasteiger partial charge in [-0.05, 0) is 37.4 Å². The van der Waals surface area contributed by atoms with Gasteiger partial charge in [-0.3, -0.25) is 0 Å². The second-order valence-corrected chi connectivity index (χ2v) is 5.53. The second kappa shape index (κ2) is 8.04. The highest BCUT2D eigenvalue weighted by Crippen LogP contribution is 2.36. The lowest BCUT2D eigenvalue weighted by Crippen LogP contribution is -2.25. The van der Waals surface area contributed by atoms with E-state index in [1.807, 2.05) is 19.2 Å². The first-order valence-electron chi connectivity index (χ1n) is 6.76. The summed E-state index contributed by atoms with van der Waals surface area (Å²) in [6.45, 7) is 4.46. The summed E-state index contributed by atoms with van der Waals surface area (Å²) in [5, 5.41) is 4.74. The van der Waals surface area contributed by atoms with Gasteiger partial charge in [0.15, 0.2) is 0 Å². The Balaban J connectivity index is 3.02. The quantitative estimate of drug-likeness (QED) is 0.701. The van der Waals surface area contributed by atoms with Gasteiger partial charge in [-0.2, -0.15) is 0 Å². The zero-order valence-electron chi connectivity index (χ0n) is 11.5. The van der Waals surface area contributed by atoms with Crippen LogP contribution in [0.3, 0.4) is 0 Å². The molecule has 0 saturated heterocycles. The molecular formula is C15H23Cl2N. The molecule has 0 aliphatic carbocycles. The van der Waals surface area contributed by atoms with E-state index in [1.54, 1.807) is 0 Å². The second-order valence-electron chi connectivity index (χ2n) is 4.75. The molecule has 1 atom stereocenters. The molecule has 1 aromatic carbocycles. The molecule has 102 valence electrons. The van der Waals surface area contributed by atoms with Crippen LogP contribution in [0.15, 0.2) is 18.2 Å². The summed E-state index contributed by atoms with van der Waals surface area (Å²) in [6, 6.07) is 6.18. The third kappa shape index (κ3) is 3.88. The predicted molar refractivity (Wildman–Crippen MR) is 81.6 cm³/mol. The van der Waals surface area contributed by atoms with Crippen molar-refractivity contribution in [3.05, 3.63) is 33.8 Å². The van der Waals surface area contributed by atoms with E-state index in [0.717, 1.165) is 5.56 Å². The third-order valence-corrected chi connectivity index (χ3v) is 4.25. The van der Waals surface area contributed by atoms with Crippen molar-refractivity contribution in [3.8, 4) is 0 Å². The maximum absolute atomic E-state index is 6.34. The van der Waals surface area contributed by atoms with Crippen molar-refractivity contribution in [1.82, 2.24) is 5.32 Å². The van der Waals surface area contributed by atoms with E-state index in [4.69, 9.17) is 23.2 Å². The Bertz CT molecular complexity index is 360. The molecule has 1 aromatic rings. The topological polar surface area (TPSA) is 12.0 Å². The normalized spacial score (nSPS) is 13.0. The average molecular weight is 288 g/mol. The highest BCUT2D eigenvalue weighted by Gasteiger charge is 2.23. The number of nitrogens with one attached hydrogen (secondary N) is 1. The van der Waals surface area contributed by atoms with Crippen LogP contribution < -0.4 is 5.32 Å². The van der Waals surface area contributed by atoms with E-state index >= 15 is 0 Å². The van der Waals surface area contributed by atoms with Crippen molar-refractivity contribution >= 4 is 23.2 Å². The molecule has 18 heavy (non-hydrogen) atoms. The number of rotatable bonds is 7. The van der Waals surface area contributed by atoms with Gasteiger partial charge in [-0.15, -0.1) is 0 Å². The van der Waals surface area contributed by atoms with Crippen LogP contribution >= 0.6 is 23.2 Å². The van der Waals surface area contributed by atoms with Crippen LogP contribution in [0.2, 0.25) is 10.0 Å². The first-order chi connectivity index (χ1) is 8.65. The lowest BCUT2D eigenvalue weighted by Gasteiger charge is -2.28. The Morgan fingerprint density at radius 3 is 2.22 bits per heavy atom. The first kappa shape index (κ1) is 15.8. The highest BCUT2D eigenvalue weighted by atomic mass is 35.5. The summed E-state index contributed by atoms with van der Waals surface area (Å²) in [6.07, 6.45) is 4.81. The molecule has 0 fully saturated rings. The van der Waals surface area contributed by atoms with E-state index < -0.39 is 0 Å². The van der Waals surface area contributed by atoms with E-state index in [2.05, 4.69) is 25.2 Å². The molecule has 0 aromatic heterocycles. The van der Waals surface area contributed by atoms with Crippen LogP contribution in [0, 0.1) is 5.92 Å². The molecule has 1 rings (SSSR count). The van der Waals surface area contributed by atoms with Crippen LogP contribution in [0.25, 0.3) is 0 Å². The van der Waals surface area contributed by atoms with Gasteiger partial charge in [0, 0.05) is 6.04 Å². The molecule has 1 unspecified atom stereocenters. The standard InChI is InChI=1S/C15H23Cl2N/c1-4-7-11(8-5-2)15(18-3)12-9-6-10-13(16)14(12)17/h6,9-11,15,18H,4-5,7-8H2,1-3H3. The number of hydrogen-bond donors (Lipinski definition) is 1. The van der Waals surface area contributed by atoms with Crippen molar-refractivity contribution in [2.24, 2.45) is 5.92 Å². The minimum atomic E-state index is 0.288. The van der Waals surface area contributed by atoms with Gasteiger partial charge in [-0.25, -0.2) is 0 Å². The Labute approximate surface area is 121 Å². The smallest absolute Gasteiger partial charge is 0.0640 e. The van der Waals surface area contributed by atoms with E-state index in [1.165, 1.54) is 25.7 Å². The van der Waals surface area contributed by atoms with Crippen molar-refractivity contribution < 1.29 is 0 Å². The summed E-state index contributed by atoms with van der Waals surface area (Å²) in [5.74, 6) is 0.612. The fourth-order valence-corrected chi connectivity index (χ4v) is 3.05. The van der Waals surface area contributed by atoms with Crippen molar-refractivity contribution in [2.45, 2.75) is 45.6 Å². The van der Waals surface area contributed by atoms with Gasteiger partial charge in [-0.1, -0.05) is 62.0 Å². The summed E-state index contributed by atoms with van der Waals surface area (Å²) in [4.78, 5) is 0. The molecule has 0 bridgehead atoms. The van der Waals surface area contributed by atoms with Gasteiger partial charge in [0.2, 0.25) is 0 Å². The maximum Gasteiger partial charge on any atom is 0.0640 e. The van der Waals surface area contributed by atoms with Crippen LogP contribution in [0.5, 0.6) is 0 Å². The minimum absolute atomic E-state index is 0.288. The fraction of sp³-hybridized carbons (Fsp3) is 0.600. The summed E-state index contributed by atoms with van der Waals surface area (Å²) in [7, 11) is 2.00. The molecule has 0 spiro atoms. The van der Waals surface area contributed by atoms with E-state index in [-0.39, 0.29) is 6.04 Å². The molecule has 0 saturated carbocycles. The Kier molecular flexibility index (Phi) is 7.06. The Morgan fingerprint density at radius 1 is 1.11 bits per heavy atom. The largest absolute Gasteiger partial charge is 0.313 e. The molecule has 0 amide bonds. The predicted octanol–water partition coefficient (Wildman–Crippen LogP) is 5.47. The van der Waals surface area contributed by atoms with Gasteiger partial charge in [0.25, 0.3) is 0 Å². The molecule has 0 radical (unpaired) electrons. The van der Waals surface area contributed by atoms with Crippen LogP contribution in [0.4, 0.5) is 0 Å². The van der Waals surface area contributed by atoms with Crippen molar-refractivity contribution in [2.75, 3.05) is 7.05 Å². The van der Waals surface area contributed by atoms with Crippen LogP contribution in [-0.2, 0) is 0 Å². The number of hydrogen-bond acceptors (Lipinski definition) is 1. The molecule has 1 nitrogen and oxygen atoms in total. The average Bonchev–Trinajstić information content (AvgIpc) is 2.36. The van der Waals surface area contributed by atoms with E-state index in [9.17, 15) is 0 Å². The SMILES string of the molecule is CCCC(CCC)C(NC)c1cccc(Cl)c1Cl. The van der Waals surface area contributed by atoms with Crippen molar-refractivity contribution in [1.29, 1.82) is 0 Å². The zero-order chi connectivity index (χ0) is 13.5. The van der Waals surface area contributed by atoms with Gasteiger partial charge in [0.1, 0.15) is 0 Å². The molecule has 0 heterocycles. The van der Waals surface area contributed by atoms with Gasteiger partial charge >= 0.3 is 0 Å². The van der Waals surface area contributed by atoms with Crippen LogP contribution in [-0.4, -0.2) is 7.05 Å². The van der Waals surface area contributed by atoms with Crippen LogP contribution in [0.1, 0.15) is 51.1 Å². The molecule has 3 heteroatoms. The fourth-order valence-electron chi connectivity index (χ4n) is 2.63. The molecule has 0 aliphatic rings. The Morgan fingerprint density at radius 2 is 1.72 bits per heavy atom. The van der Waals surface area contributed by atoms with E-state index in [0.29, 0.717) is 16.0 Å². The zero-order valence-corrected chi connectivity index (χ0v) is 13.0. The third-order valence-electron chi connectivity index (χ3n) is 3.42. The summed E-state index contributed by atoms with van der Waals surface area (Å²) < 4.78 is 0. The highest BCUT2D eigenvalue weighted by molar-refractivity contribution is 6.42. The van der Waals surface area contributed by atoms with Gasteiger partial charge in [0.05, 0.1) is 10.0 Å². The van der Waals surface area contributed by atoms with Gasteiger partial charge < -0.3 is 5.32 Å². The van der Waals surface area contributed by atoms with Crippen molar-refractivity contribution in [3.63, 3.8) is 0 Å². The lowest BCUT2D eigenvalue weighted by atomic mass is 9.86. The summed E-state index contributed by atoms with van der Waals surface area (Å²) in [5.41, 5.74) is 1.12. The maximum atomic E-state index is 6.34. The Hall–Kier alpha value is -0.240. The monoisotopic (exact) mass is 287 g/mol. The number of benzene rings is 1. The minimum Gasteiger partial charge on any atom is -0.313 e.